The summed E-state index contributed by atoms with van der Waals surface area (Å²) in [5.41, 5.74) is -2.04. The second kappa shape index (κ2) is 9.25. The molecule has 214 valence electrons. The van der Waals surface area contributed by atoms with Gasteiger partial charge in [0.1, 0.15) is 6.10 Å². The van der Waals surface area contributed by atoms with Crippen molar-refractivity contribution in [3.63, 3.8) is 0 Å². The summed E-state index contributed by atoms with van der Waals surface area (Å²) in [6.45, 7) is 13.4. The van der Waals surface area contributed by atoms with Gasteiger partial charge < -0.3 is 35.7 Å². The van der Waals surface area contributed by atoms with E-state index in [0.29, 0.717) is 32.1 Å². The Morgan fingerprint density at radius 3 is 2.22 bits per heavy atom. The minimum Gasteiger partial charge on any atom is -0.395 e. The molecule has 4 aliphatic rings. The highest BCUT2D eigenvalue weighted by molar-refractivity contribution is 5.35. The number of hydrogen-bond donors (Lipinski definition) is 7. The van der Waals surface area contributed by atoms with Crippen molar-refractivity contribution in [2.24, 2.45) is 45.3 Å². The van der Waals surface area contributed by atoms with Gasteiger partial charge in [-0.2, -0.15) is 0 Å². The van der Waals surface area contributed by atoms with Crippen molar-refractivity contribution in [3.05, 3.63) is 11.6 Å². The second-order valence-electron chi connectivity index (χ2n) is 14.9. The number of aliphatic hydroxyl groups excluding tert-OH is 6. The van der Waals surface area contributed by atoms with Crippen LogP contribution in [-0.4, -0.2) is 78.5 Å². The molecule has 12 atom stereocenters. The molecule has 7 nitrogen and oxygen atoms in total. The summed E-state index contributed by atoms with van der Waals surface area (Å²) in [4.78, 5) is 0. The average molecular weight is 525 g/mol. The summed E-state index contributed by atoms with van der Waals surface area (Å²) in [7, 11) is 0. The van der Waals surface area contributed by atoms with E-state index in [4.69, 9.17) is 0 Å². The normalized spacial score (nSPS) is 47.8. The van der Waals surface area contributed by atoms with Crippen molar-refractivity contribution in [3.8, 4) is 0 Å². The first kappa shape index (κ1) is 29.4. The fourth-order valence-electron chi connectivity index (χ4n) is 9.94. The van der Waals surface area contributed by atoms with E-state index >= 15 is 0 Å². The van der Waals surface area contributed by atoms with Crippen LogP contribution < -0.4 is 0 Å². The van der Waals surface area contributed by atoms with Crippen molar-refractivity contribution in [1.29, 1.82) is 0 Å². The summed E-state index contributed by atoms with van der Waals surface area (Å²) in [5.74, 6) is -0.551. The van der Waals surface area contributed by atoms with E-state index in [1.165, 1.54) is 13.8 Å². The fraction of sp³-hybridized carbons (Fsp3) is 0.933. The monoisotopic (exact) mass is 524 g/mol. The lowest BCUT2D eigenvalue weighted by Crippen LogP contribution is -2.63. The van der Waals surface area contributed by atoms with Crippen LogP contribution >= 0.6 is 0 Å². The van der Waals surface area contributed by atoms with Crippen LogP contribution in [-0.2, 0) is 0 Å². The molecule has 0 heterocycles. The molecular weight excluding hydrogens is 472 g/mol. The maximum Gasteiger partial charge on any atom is 0.108 e. The van der Waals surface area contributed by atoms with Crippen LogP contribution in [0.4, 0.5) is 0 Å². The molecule has 0 aliphatic heterocycles. The van der Waals surface area contributed by atoms with Gasteiger partial charge in [0.05, 0.1) is 36.6 Å². The molecule has 3 fully saturated rings. The molecule has 4 rings (SSSR count). The van der Waals surface area contributed by atoms with Crippen molar-refractivity contribution in [2.45, 2.75) is 123 Å². The van der Waals surface area contributed by atoms with E-state index in [0.717, 1.165) is 5.57 Å². The van der Waals surface area contributed by atoms with Gasteiger partial charge in [0.2, 0.25) is 0 Å². The first-order chi connectivity index (χ1) is 16.9. The lowest BCUT2D eigenvalue weighted by atomic mass is 9.40. The Balaban J connectivity index is 1.71. The summed E-state index contributed by atoms with van der Waals surface area (Å²) >= 11 is 0. The Morgan fingerprint density at radius 2 is 1.65 bits per heavy atom. The summed E-state index contributed by atoms with van der Waals surface area (Å²) in [6, 6.07) is 0. The molecule has 0 radical (unpaired) electrons. The van der Waals surface area contributed by atoms with Gasteiger partial charge in [0.15, 0.2) is 0 Å². The molecule has 7 heteroatoms. The van der Waals surface area contributed by atoms with Crippen molar-refractivity contribution >= 4 is 0 Å². The van der Waals surface area contributed by atoms with Crippen molar-refractivity contribution < 1.29 is 35.7 Å². The number of rotatable bonds is 6. The van der Waals surface area contributed by atoms with E-state index < -0.39 is 52.4 Å². The van der Waals surface area contributed by atoms with Crippen LogP contribution in [0.1, 0.15) is 87.0 Å². The standard InChI is InChI=1S/C30H52O7/c1-16(12-19(33)25(36)27(4,5)37)23-20(34)14-29(7)24-17(8-10-28(23,29)6)30(15-31)11-9-22(35)26(2,3)21(30)13-18(24)32/h8,16,18-25,31-37H,9-15H2,1-7H3/t16-,18+,19+,20+,21+,22+,23+,24+,25+,28-,29+,30+/m1/s1. The smallest absolute Gasteiger partial charge is 0.108 e. The highest BCUT2D eigenvalue weighted by atomic mass is 16.4. The van der Waals surface area contributed by atoms with Crippen LogP contribution in [0.25, 0.3) is 0 Å². The molecule has 0 aromatic heterocycles. The molecule has 0 spiro atoms. The molecule has 0 bridgehead atoms. The van der Waals surface area contributed by atoms with Gasteiger partial charge in [-0.3, -0.25) is 0 Å². The Bertz CT molecular complexity index is 895. The molecule has 4 aliphatic carbocycles. The average Bonchev–Trinajstić information content (AvgIpc) is 3.00. The van der Waals surface area contributed by atoms with E-state index in [1.54, 1.807) is 0 Å². The molecule has 0 unspecified atom stereocenters. The third-order valence-electron chi connectivity index (χ3n) is 12.2. The van der Waals surface area contributed by atoms with Crippen molar-refractivity contribution in [2.75, 3.05) is 6.61 Å². The lowest BCUT2D eigenvalue weighted by Gasteiger charge is -2.65. The Labute approximate surface area is 222 Å². The second-order valence-corrected chi connectivity index (χ2v) is 14.9. The molecule has 3 saturated carbocycles. The van der Waals surface area contributed by atoms with Gasteiger partial charge >= 0.3 is 0 Å². The number of aliphatic hydroxyl groups is 7. The topological polar surface area (TPSA) is 142 Å². The quantitative estimate of drug-likeness (QED) is 0.265. The minimum atomic E-state index is -1.43. The molecule has 0 amide bonds. The Kier molecular flexibility index (Phi) is 7.36. The highest BCUT2D eigenvalue weighted by Gasteiger charge is 2.70. The lowest BCUT2D eigenvalue weighted by molar-refractivity contribution is -0.168. The number of fused-ring (bicyclic) bond motifs is 5. The van der Waals surface area contributed by atoms with Crippen LogP contribution in [0, 0.1) is 45.3 Å². The molecule has 0 aromatic carbocycles. The maximum atomic E-state index is 11.7. The fourth-order valence-corrected chi connectivity index (χ4v) is 9.94. The summed E-state index contributed by atoms with van der Waals surface area (Å²) in [6.07, 6.45) is 1.31. The van der Waals surface area contributed by atoms with Gasteiger partial charge in [0.25, 0.3) is 0 Å². The van der Waals surface area contributed by atoms with Crippen LogP contribution in [0.15, 0.2) is 11.6 Å². The first-order valence-corrected chi connectivity index (χ1v) is 14.3. The highest BCUT2D eigenvalue weighted by Crippen LogP contribution is 2.73. The largest absolute Gasteiger partial charge is 0.395 e. The predicted molar refractivity (Wildman–Crippen MR) is 141 cm³/mol. The van der Waals surface area contributed by atoms with Crippen molar-refractivity contribution in [1.82, 2.24) is 0 Å². The van der Waals surface area contributed by atoms with Crippen LogP contribution in [0.3, 0.4) is 0 Å². The van der Waals surface area contributed by atoms with Gasteiger partial charge in [-0.25, -0.2) is 0 Å². The number of hydrogen-bond acceptors (Lipinski definition) is 7. The minimum absolute atomic E-state index is 0.0148. The molecular formula is C30H52O7. The van der Waals surface area contributed by atoms with E-state index in [2.05, 4.69) is 33.8 Å². The summed E-state index contributed by atoms with van der Waals surface area (Å²) in [5, 5.41) is 76.3. The Morgan fingerprint density at radius 1 is 1.03 bits per heavy atom. The third kappa shape index (κ3) is 4.10. The van der Waals surface area contributed by atoms with Crippen LogP contribution in [0.2, 0.25) is 0 Å². The van der Waals surface area contributed by atoms with Gasteiger partial charge in [-0.15, -0.1) is 0 Å². The predicted octanol–water partition coefficient (Wildman–Crippen LogP) is 2.39. The zero-order valence-corrected chi connectivity index (χ0v) is 23.9. The van der Waals surface area contributed by atoms with E-state index in [1.807, 2.05) is 6.92 Å². The zero-order chi connectivity index (χ0) is 27.9. The maximum absolute atomic E-state index is 11.7. The molecule has 7 N–H and O–H groups in total. The SMILES string of the molecule is C[C@H](C[C@H](O)[C@H](O)C(C)(C)O)[C@H]1[C@@H](O)C[C@@]2(C)[C@H]3C(=CC[C@]12C)[C@@]1(CO)CC[C@H](O)C(C)(C)[C@@H]1C[C@@H]3O. The molecule has 0 saturated heterocycles. The summed E-state index contributed by atoms with van der Waals surface area (Å²) < 4.78 is 0. The molecule has 0 aromatic rings. The number of allylic oxidation sites excluding steroid dienone is 1. The third-order valence-corrected chi connectivity index (χ3v) is 12.2. The van der Waals surface area contributed by atoms with Gasteiger partial charge in [0, 0.05) is 11.3 Å². The van der Waals surface area contributed by atoms with E-state index in [-0.39, 0.29) is 42.1 Å². The van der Waals surface area contributed by atoms with Gasteiger partial charge in [-0.05, 0) is 86.4 Å². The van der Waals surface area contributed by atoms with Gasteiger partial charge in [-0.1, -0.05) is 46.3 Å². The van der Waals surface area contributed by atoms with Crippen LogP contribution in [0.5, 0.6) is 0 Å². The first-order valence-electron chi connectivity index (χ1n) is 14.3. The molecule has 37 heavy (non-hydrogen) atoms. The zero-order valence-electron chi connectivity index (χ0n) is 23.9. The van der Waals surface area contributed by atoms with E-state index in [9.17, 15) is 35.7 Å². The Hall–Kier alpha value is -0.540.